The third kappa shape index (κ3) is 7.68. The second-order valence-corrected chi connectivity index (χ2v) is 6.11. The molecule has 26 heavy (non-hydrogen) atoms. The smallest absolute Gasteiger partial charge is 0.407 e. The number of carbonyl (C=O) groups excluding carboxylic acids is 3. The molecule has 1 aromatic carbocycles. The molecule has 0 saturated carbocycles. The Morgan fingerprint density at radius 1 is 1.23 bits per heavy atom. The largest absolute Gasteiger partial charge is 0.444 e. The molecule has 8 heteroatoms. The molecule has 0 aromatic heterocycles. The summed E-state index contributed by atoms with van der Waals surface area (Å²) in [6, 6.07) is 4.96. The number of hydrogen-bond donors (Lipinski definition) is 4. The molecule has 0 bridgehead atoms. The van der Waals surface area contributed by atoms with Crippen LogP contribution in [0.2, 0.25) is 0 Å². The standard InChI is InChI=1S/C17H21N3O5.CH4/c1-5-11-6-8-12(9-7-11)14(21)19-13(15(22)20-24)10-18-16(23)25-17(2,3)4;/h1,6-9,13,24H,10H2,2-4H3,(H,18,23)(H,19,21)(H,20,22);1H4/t13-;/m0./s1. The fourth-order valence-corrected chi connectivity index (χ4v) is 1.75. The van der Waals surface area contributed by atoms with E-state index in [1.165, 1.54) is 17.6 Å². The van der Waals surface area contributed by atoms with Crippen molar-refractivity contribution in [3.8, 4) is 12.3 Å². The third-order valence-corrected chi connectivity index (χ3v) is 2.90. The van der Waals surface area contributed by atoms with Crippen LogP contribution in [0.5, 0.6) is 0 Å². The molecule has 4 N–H and O–H groups in total. The van der Waals surface area contributed by atoms with E-state index in [1.54, 1.807) is 32.9 Å². The van der Waals surface area contributed by atoms with Crippen LogP contribution in [0.3, 0.4) is 0 Å². The van der Waals surface area contributed by atoms with Gasteiger partial charge in [0.25, 0.3) is 11.8 Å². The molecule has 0 radical (unpaired) electrons. The Hall–Kier alpha value is -3.05. The van der Waals surface area contributed by atoms with E-state index < -0.39 is 29.6 Å². The Morgan fingerprint density at radius 2 is 1.81 bits per heavy atom. The average molecular weight is 363 g/mol. The molecular formula is C18H25N3O5. The lowest BCUT2D eigenvalue weighted by Crippen LogP contribution is -2.52. The number of nitrogens with one attached hydrogen (secondary N) is 3. The van der Waals surface area contributed by atoms with Crippen LogP contribution in [0.4, 0.5) is 4.79 Å². The number of ether oxygens (including phenoxy) is 1. The van der Waals surface area contributed by atoms with Gasteiger partial charge in [0, 0.05) is 11.1 Å². The van der Waals surface area contributed by atoms with E-state index in [9.17, 15) is 14.4 Å². The van der Waals surface area contributed by atoms with Gasteiger partial charge >= 0.3 is 6.09 Å². The van der Waals surface area contributed by atoms with Crippen molar-refractivity contribution in [3.05, 3.63) is 35.4 Å². The van der Waals surface area contributed by atoms with E-state index in [2.05, 4.69) is 16.6 Å². The summed E-state index contributed by atoms with van der Waals surface area (Å²) in [4.78, 5) is 35.5. The van der Waals surface area contributed by atoms with Crippen molar-refractivity contribution < 1.29 is 24.3 Å². The van der Waals surface area contributed by atoms with E-state index in [1.807, 2.05) is 0 Å². The van der Waals surface area contributed by atoms with Gasteiger partial charge in [0.2, 0.25) is 0 Å². The van der Waals surface area contributed by atoms with Crippen molar-refractivity contribution in [2.75, 3.05) is 6.54 Å². The topological polar surface area (TPSA) is 117 Å². The van der Waals surface area contributed by atoms with Crippen molar-refractivity contribution >= 4 is 17.9 Å². The second-order valence-electron chi connectivity index (χ2n) is 6.11. The van der Waals surface area contributed by atoms with Crippen LogP contribution in [-0.2, 0) is 9.53 Å². The highest BCUT2D eigenvalue weighted by atomic mass is 16.6. The van der Waals surface area contributed by atoms with Crippen LogP contribution >= 0.6 is 0 Å². The molecule has 142 valence electrons. The minimum absolute atomic E-state index is 0. The maximum atomic E-state index is 12.2. The van der Waals surface area contributed by atoms with Gasteiger partial charge in [0.15, 0.2) is 0 Å². The minimum Gasteiger partial charge on any atom is -0.444 e. The quantitative estimate of drug-likeness (QED) is 0.359. The number of hydroxylamine groups is 1. The number of terminal acetylenes is 1. The fourth-order valence-electron chi connectivity index (χ4n) is 1.75. The lowest BCUT2D eigenvalue weighted by atomic mass is 10.1. The summed E-state index contributed by atoms with van der Waals surface area (Å²) in [6.07, 6.45) is 4.49. The summed E-state index contributed by atoms with van der Waals surface area (Å²) in [7, 11) is 0. The van der Waals surface area contributed by atoms with Gasteiger partial charge in [-0.3, -0.25) is 14.8 Å². The highest BCUT2D eigenvalue weighted by Gasteiger charge is 2.23. The van der Waals surface area contributed by atoms with Crippen LogP contribution in [0.15, 0.2) is 24.3 Å². The van der Waals surface area contributed by atoms with Gasteiger partial charge in [0.1, 0.15) is 11.6 Å². The summed E-state index contributed by atoms with van der Waals surface area (Å²) in [5, 5.41) is 13.6. The summed E-state index contributed by atoms with van der Waals surface area (Å²) < 4.78 is 5.04. The summed E-state index contributed by atoms with van der Waals surface area (Å²) >= 11 is 0. The number of alkyl carbamates (subject to hydrolysis) is 1. The normalized spacial score (nSPS) is 11.2. The molecule has 1 rings (SSSR count). The lowest BCUT2D eigenvalue weighted by Gasteiger charge is -2.21. The van der Waals surface area contributed by atoms with Crippen molar-refractivity contribution in [2.24, 2.45) is 0 Å². The highest BCUT2D eigenvalue weighted by Crippen LogP contribution is 2.06. The summed E-state index contributed by atoms with van der Waals surface area (Å²) in [6.45, 7) is 4.79. The molecule has 1 aromatic rings. The lowest BCUT2D eigenvalue weighted by molar-refractivity contribution is -0.131. The van der Waals surface area contributed by atoms with E-state index >= 15 is 0 Å². The zero-order valence-corrected chi connectivity index (χ0v) is 14.3. The monoisotopic (exact) mass is 363 g/mol. The van der Waals surface area contributed by atoms with Gasteiger partial charge in [-0.2, -0.15) is 0 Å². The minimum atomic E-state index is -1.20. The maximum Gasteiger partial charge on any atom is 0.407 e. The predicted octanol–water partition coefficient (Wildman–Crippen LogP) is 1.43. The van der Waals surface area contributed by atoms with Crippen LogP contribution < -0.4 is 16.1 Å². The van der Waals surface area contributed by atoms with Crippen molar-refractivity contribution in [1.82, 2.24) is 16.1 Å². The van der Waals surface area contributed by atoms with E-state index in [0.29, 0.717) is 5.56 Å². The first-order valence-corrected chi connectivity index (χ1v) is 7.44. The number of benzene rings is 1. The van der Waals surface area contributed by atoms with Gasteiger partial charge in [-0.25, -0.2) is 10.3 Å². The van der Waals surface area contributed by atoms with Gasteiger partial charge in [-0.05, 0) is 45.0 Å². The first-order chi connectivity index (χ1) is 11.7. The Bertz CT molecular complexity index is 672. The van der Waals surface area contributed by atoms with Crippen LogP contribution in [0, 0.1) is 12.3 Å². The molecule has 0 saturated heterocycles. The van der Waals surface area contributed by atoms with Crippen LogP contribution in [-0.4, -0.2) is 41.3 Å². The average Bonchev–Trinajstić information content (AvgIpc) is 2.56. The predicted molar refractivity (Wildman–Crippen MR) is 96.5 cm³/mol. The van der Waals surface area contributed by atoms with Crippen LogP contribution in [0.25, 0.3) is 0 Å². The first-order valence-electron chi connectivity index (χ1n) is 7.44. The number of carbonyl (C=O) groups is 3. The highest BCUT2D eigenvalue weighted by molar-refractivity contribution is 5.97. The molecule has 0 unspecified atom stereocenters. The molecule has 0 aliphatic rings. The summed E-state index contributed by atoms with van der Waals surface area (Å²) in [5.41, 5.74) is 1.61. The summed E-state index contributed by atoms with van der Waals surface area (Å²) in [5.74, 6) is 0.971. The molecule has 0 aliphatic heterocycles. The SMILES string of the molecule is C.C#Cc1ccc(C(=O)N[C@@H](CNC(=O)OC(C)(C)C)C(=O)NO)cc1. The fraction of sp³-hybridized carbons (Fsp3) is 0.389. The van der Waals surface area contributed by atoms with Gasteiger partial charge < -0.3 is 15.4 Å². The van der Waals surface area contributed by atoms with E-state index in [-0.39, 0.29) is 19.5 Å². The Balaban J connectivity index is 0.00000625. The molecule has 3 amide bonds. The molecular weight excluding hydrogens is 338 g/mol. The molecule has 1 atom stereocenters. The van der Waals surface area contributed by atoms with E-state index in [0.717, 1.165) is 0 Å². The van der Waals surface area contributed by atoms with Gasteiger partial charge in [0.05, 0.1) is 6.54 Å². The first kappa shape index (κ1) is 22.9. The van der Waals surface area contributed by atoms with E-state index in [4.69, 9.17) is 16.4 Å². The molecule has 0 heterocycles. The van der Waals surface area contributed by atoms with Crippen LogP contribution in [0.1, 0.15) is 44.1 Å². The van der Waals surface area contributed by atoms with Crippen molar-refractivity contribution in [3.63, 3.8) is 0 Å². The Kier molecular flexibility index (Phi) is 8.88. The Labute approximate surface area is 153 Å². The molecule has 0 aliphatic carbocycles. The van der Waals surface area contributed by atoms with Crippen molar-refractivity contribution in [1.29, 1.82) is 0 Å². The number of hydrogen-bond acceptors (Lipinski definition) is 5. The second kappa shape index (κ2) is 10.1. The molecule has 0 spiro atoms. The van der Waals surface area contributed by atoms with Crippen molar-refractivity contribution in [2.45, 2.75) is 39.8 Å². The number of amides is 3. The zero-order chi connectivity index (χ0) is 19.0. The molecule has 8 nitrogen and oxygen atoms in total. The zero-order valence-electron chi connectivity index (χ0n) is 14.3. The van der Waals surface area contributed by atoms with Gasteiger partial charge in [-0.1, -0.05) is 13.3 Å². The van der Waals surface area contributed by atoms with Gasteiger partial charge in [-0.15, -0.1) is 6.42 Å². The Morgan fingerprint density at radius 3 is 2.27 bits per heavy atom. The number of rotatable bonds is 5. The third-order valence-electron chi connectivity index (χ3n) is 2.90. The maximum absolute atomic E-state index is 12.2. The molecule has 0 fully saturated rings.